The first-order chi connectivity index (χ1) is 10.2. The van der Waals surface area contributed by atoms with Gasteiger partial charge in [-0.05, 0) is 28.3 Å². The maximum absolute atomic E-state index is 6.11. The molecule has 0 fully saturated rings. The summed E-state index contributed by atoms with van der Waals surface area (Å²) < 4.78 is 0. The molecule has 1 aromatic heterocycles. The average molecular weight is 279 g/mol. The van der Waals surface area contributed by atoms with Crippen molar-refractivity contribution >= 4 is 0 Å². The van der Waals surface area contributed by atoms with Crippen LogP contribution in [0.25, 0.3) is 11.1 Å². The molecule has 21 heavy (non-hydrogen) atoms. The van der Waals surface area contributed by atoms with Gasteiger partial charge in [0.2, 0.25) is 0 Å². The van der Waals surface area contributed by atoms with E-state index in [0.29, 0.717) is 12.2 Å². The lowest BCUT2D eigenvalue weighted by atomic mass is 10.0. The summed E-state index contributed by atoms with van der Waals surface area (Å²) in [7, 11) is 1.73. The number of aryl methyl sites for hydroxylation is 1. The van der Waals surface area contributed by atoms with Crippen molar-refractivity contribution in [2.75, 3.05) is 0 Å². The lowest BCUT2D eigenvalue weighted by molar-refractivity contribution is 0.616. The number of aromatic nitrogens is 4. The van der Waals surface area contributed by atoms with Crippen LogP contribution in [0, 0.1) is 0 Å². The highest BCUT2D eigenvalue weighted by Crippen LogP contribution is 2.20. The van der Waals surface area contributed by atoms with Gasteiger partial charge in [-0.15, -0.1) is 10.2 Å². The van der Waals surface area contributed by atoms with E-state index in [1.165, 1.54) is 15.9 Å². The van der Waals surface area contributed by atoms with E-state index in [9.17, 15) is 0 Å². The summed E-state index contributed by atoms with van der Waals surface area (Å²) in [6, 6.07) is 18.5. The number of nitrogens with two attached hydrogens (primary N) is 1. The smallest absolute Gasteiger partial charge is 0.191 e. The van der Waals surface area contributed by atoms with E-state index in [1.807, 2.05) is 18.2 Å². The van der Waals surface area contributed by atoms with E-state index in [4.69, 9.17) is 5.73 Å². The maximum atomic E-state index is 6.11. The third kappa shape index (κ3) is 3.14. The van der Waals surface area contributed by atoms with E-state index >= 15 is 0 Å². The van der Waals surface area contributed by atoms with Crippen molar-refractivity contribution in [3.8, 4) is 11.1 Å². The molecule has 1 heterocycles. The van der Waals surface area contributed by atoms with Crippen LogP contribution in [0.1, 0.15) is 17.4 Å². The highest BCUT2D eigenvalue weighted by Gasteiger charge is 2.12. The molecule has 0 unspecified atom stereocenters. The summed E-state index contributed by atoms with van der Waals surface area (Å²) in [6.07, 6.45) is 0.695. The SMILES string of the molecule is Cn1nnc([C@@H](N)Cc2ccc(-c3ccccc3)cc2)n1. The highest BCUT2D eigenvalue weighted by molar-refractivity contribution is 5.63. The van der Waals surface area contributed by atoms with Crippen LogP contribution in [0.2, 0.25) is 0 Å². The van der Waals surface area contributed by atoms with Crippen molar-refractivity contribution in [2.24, 2.45) is 12.8 Å². The molecule has 5 heteroatoms. The van der Waals surface area contributed by atoms with Gasteiger partial charge in [-0.2, -0.15) is 4.80 Å². The van der Waals surface area contributed by atoms with Gasteiger partial charge in [0.15, 0.2) is 5.82 Å². The Morgan fingerprint density at radius 3 is 2.29 bits per heavy atom. The Labute approximate surface area is 123 Å². The van der Waals surface area contributed by atoms with Gasteiger partial charge in [-0.1, -0.05) is 54.6 Å². The van der Waals surface area contributed by atoms with Crippen LogP contribution in [0.3, 0.4) is 0 Å². The van der Waals surface area contributed by atoms with E-state index in [2.05, 4.69) is 51.8 Å². The molecule has 2 N–H and O–H groups in total. The Morgan fingerprint density at radius 2 is 1.67 bits per heavy atom. The second kappa shape index (κ2) is 5.85. The van der Waals surface area contributed by atoms with Gasteiger partial charge in [0.1, 0.15) is 0 Å². The first kappa shape index (κ1) is 13.5. The summed E-state index contributed by atoms with van der Waals surface area (Å²) in [5.74, 6) is 0.574. The van der Waals surface area contributed by atoms with E-state index < -0.39 is 0 Å². The van der Waals surface area contributed by atoms with Gasteiger partial charge in [-0.25, -0.2) is 0 Å². The van der Waals surface area contributed by atoms with Gasteiger partial charge in [0.05, 0.1) is 13.1 Å². The fraction of sp³-hybridized carbons (Fsp3) is 0.188. The quantitative estimate of drug-likeness (QED) is 0.794. The van der Waals surface area contributed by atoms with Crippen molar-refractivity contribution in [1.82, 2.24) is 20.2 Å². The lowest BCUT2D eigenvalue weighted by Gasteiger charge is -2.08. The molecule has 2 aromatic carbocycles. The highest BCUT2D eigenvalue weighted by atomic mass is 15.6. The molecule has 0 saturated heterocycles. The molecule has 0 amide bonds. The summed E-state index contributed by atoms with van der Waals surface area (Å²) in [4.78, 5) is 1.42. The predicted molar refractivity (Wildman–Crippen MR) is 81.3 cm³/mol. The third-order valence-corrected chi connectivity index (χ3v) is 3.37. The second-order valence-electron chi connectivity index (χ2n) is 5.01. The third-order valence-electron chi connectivity index (χ3n) is 3.37. The normalized spacial score (nSPS) is 12.3. The first-order valence-corrected chi connectivity index (χ1v) is 6.86. The summed E-state index contributed by atoms with van der Waals surface area (Å²) in [5, 5.41) is 11.9. The molecule has 0 spiro atoms. The zero-order valence-corrected chi connectivity index (χ0v) is 11.8. The van der Waals surface area contributed by atoms with Gasteiger partial charge in [0, 0.05) is 0 Å². The molecular weight excluding hydrogens is 262 g/mol. The molecule has 5 nitrogen and oxygen atoms in total. The minimum absolute atomic E-state index is 0.235. The molecule has 0 aliphatic heterocycles. The fourth-order valence-corrected chi connectivity index (χ4v) is 2.26. The van der Waals surface area contributed by atoms with Gasteiger partial charge >= 0.3 is 0 Å². The Kier molecular flexibility index (Phi) is 3.75. The first-order valence-electron chi connectivity index (χ1n) is 6.86. The maximum Gasteiger partial charge on any atom is 0.191 e. The van der Waals surface area contributed by atoms with Crippen LogP contribution >= 0.6 is 0 Å². The minimum Gasteiger partial charge on any atom is -0.321 e. The molecule has 3 rings (SSSR count). The topological polar surface area (TPSA) is 69.6 Å². The monoisotopic (exact) mass is 279 g/mol. The van der Waals surface area contributed by atoms with Crippen molar-refractivity contribution in [2.45, 2.75) is 12.5 Å². The van der Waals surface area contributed by atoms with E-state index in [0.717, 1.165) is 5.56 Å². The Hall–Kier alpha value is -2.53. The molecule has 3 aromatic rings. The van der Waals surface area contributed by atoms with Gasteiger partial charge in [-0.3, -0.25) is 0 Å². The molecule has 106 valence electrons. The summed E-state index contributed by atoms with van der Waals surface area (Å²) in [5.41, 5.74) is 9.68. The summed E-state index contributed by atoms with van der Waals surface area (Å²) in [6.45, 7) is 0. The van der Waals surface area contributed by atoms with Crippen LogP contribution in [-0.2, 0) is 13.5 Å². The second-order valence-corrected chi connectivity index (χ2v) is 5.01. The number of rotatable bonds is 4. The van der Waals surface area contributed by atoms with Crippen LogP contribution in [0.4, 0.5) is 0 Å². The molecule has 0 bridgehead atoms. The number of nitrogens with zero attached hydrogens (tertiary/aromatic N) is 4. The number of hydrogen-bond donors (Lipinski definition) is 1. The standard InChI is InChI=1S/C16H17N5/c1-21-19-16(18-20-21)15(17)11-12-7-9-14(10-8-12)13-5-3-2-4-6-13/h2-10,15H,11,17H2,1H3/t15-/m0/s1. The van der Waals surface area contributed by atoms with E-state index in [-0.39, 0.29) is 6.04 Å². The van der Waals surface area contributed by atoms with Crippen LogP contribution in [0.15, 0.2) is 54.6 Å². The Bertz CT molecular complexity index is 703. The van der Waals surface area contributed by atoms with E-state index in [1.54, 1.807) is 7.05 Å². The summed E-state index contributed by atoms with van der Waals surface area (Å²) >= 11 is 0. The molecular formula is C16H17N5. The fourth-order valence-electron chi connectivity index (χ4n) is 2.26. The zero-order chi connectivity index (χ0) is 14.7. The van der Waals surface area contributed by atoms with Gasteiger partial charge < -0.3 is 5.73 Å². The largest absolute Gasteiger partial charge is 0.321 e. The predicted octanol–water partition coefficient (Wildman–Crippen LogP) is 2.12. The van der Waals surface area contributed by atoms with Crippen LogP contribution < -0.4 is 5.73 Å². The van der Waals surface area contributed by atoms with Crippen LogP contribution in [-0.4, -0.2) is 20.2 Å². The van der Waals surface area contributed by atoms with Crippen molar-refractivity contribution in [3.63, 3.8) is 0 Å². The Morgan fingerprint density at radius 1 is 1.00 bits per heavy atom. The number of hydrogen-bond acceptors (Lipinski definition) is 4. The zero-order valence-electron chi connectivity index (χ0n) is 11.8. The average Bonchev–Trinajstić information content (AvgIpc) is 2.96. The molecule has 0 aliphatic rings. The lowest BCUT2D eigenvalue weighted by Crippen LogP contribution is -2.15. The molecule has 0 aliphatic carbocycles. The Balaban J connectivity index is 1.73. The molecule has 0 radical (unpaired) electrons. The van der Waals surface area contributed by atoms with Gasteiger partial charge in [0.25, 0.3) is 0 Å². The number of benzene rings is 2. The minimum atomic E-state index is -0.235. The molecule has 0 saturated carbocycles. The van der Waals surface area contributed by atoms with Crippen LogP contribution in [0.5, 0.6) is 0 Å². The van der Waals surface area contributed by atoms with Crippen molar-refractivity contribution in [1.29, 1.82) is 0 Å². The van der Waals surface area contributed by atoms with Crippen molar-refractivity contribution < 1.29 is 0 Å². The number of tetrazole rings is 1. The molecule has 1 atom stereocenters. The van der Waals surface area contributed by atoms with Crippen molar-refractivity contribution in [3.05, 3.63) is 66.0 Å².